The highest BCUT2D eigenvalue weighted by Gasteiger charge is 2.34. The second kappa shape index (κ2) is 7.76. The van der Waals surface area contributed by atoms with Gasteiger partial charge in [-0.15, -0.1) is 0 Å². The zero-order chi connectivity index (χ0) is 14.4. The predicted octanol–water partition coefficient (Wildman–Crippen LogP) is 2.50. The Labute approximate surface area is 124 Å². The molecule has 1 saturated carbocycles. The van der Waals surface area contributed by atoms with Crippen molar-refractivity contribution in [3.05, 3.63) is 0 Å². The molecule has 0 aromatic rings. The molecule has 1 N–H and O–H groups in total. The van der Waals surface area contributed by atoms with Crippen molar-refractivity contribution < 1.29 is 8.42 Å². The van der Waals surface area contributed by atoms with E-state index >= 15 is 0 Å². The zero-order valence-electron chi connectivity index (χ0n) is 12.8. The molecule has 0 bridgehead atoms. The fourth-order valence-electron chi connectivity index (χ4n) is 3.39. The Morgan fingerprint density at radius 2 is 1.85 bits per heavy atom. The lowest BCUT2D eigenvalue weighted by molar-refractivity contribution is 0.350. The summed E-state index contributed by atoms with van der Waals surface area (Å²) in [6.45, 7) is 4.54. The van der Waals surface area contributed by atoms with E-state index in [9.17, 15) is 8.42 Å². The van der Waals surface area contributed by atoms with Crippen molar-refractivity contribution in [3.8, 4) is 0 Å². The number of rotatable bonds is 7. The number of nitrogens with one attached hydrogen (secondary N) is 1. The Balaban J connectivity index is 2.02. The molecule has 1 unspecified atom stereocenters. The Morgan fingerprint density at radius 1 is 1.10 bits per heavy atom. The molecular formula is C15H30N2O2S. The Morgan fingerprint density at radius 3 is 2.45 bits per heavy atom. The van der Waals surface area contributed by atoms with Crippen molar-refractivity contribution in [2.75, 3.05) is 19.6 Å². The van der Waals surface area contributed by atoms with Crippen LogP contribution in [0.3, 0.4) is 0 Å². The summed E-state index contributed by atoms with van der Waals surface area (Å²) in [7, 11) is -3.09. The van der Waals surface area contributed by atoms with Gasteiger partial charge in [0.1, 0.15) is 0 Å². The van der Waals surface area contributed by atoms with E-state index in [1.54, 1.807) is 4.31 Å². The van der Waals surface area contributed by atoms with E-state index in [-0.39, 0.29) is 5.25 Å². The smallest absolute Gasteiger partial charge is 0.217 e. The lowest BCUT2D eigenvalue weighted by Gasteiger charge is -2.31. The molecule has 4 nitrogen and oxygen atoms in total. The minimum absolute atomic E-state index is 0.116. The number of hydrogen-bond acceptors (Lipinski definition) is 3. The van der Waals surface area contributed by atoms with Crippen LogP contribution in [0.2, 0.25) is 0 Å². The number of unbranched alkanes of at least 4 members (excludes halogenated alkanes) is 1. The van der Waals surface area contributed by atoms with Crippen LogP contribution in [0.25, 0.3) is 0 Å². The summed E-state index contributed by atoms with van der Waals surface area (Å²) in [5, 5.41) is 3.32. The van der Waals surface area contributed by atoms with E-state index < -0.39 is 10.0 Å². The van der Waals surface area contributed by atoms with Crippen LogP contribution in [0.5, 0.6) is 0 Å². The minimum atomic E-state index is -3.09. The normalized spacial score (nSPS) is 25.4. The summed E-state index contributed by atoms with van der Waals surface area (Å²) in [4.78, 5) is 0. The highest BCUT2D eigenvalue weighted by atomic mass is 32.2. The molecule has 1 heterocycles. The van der Waals surface area contributed by atoms with E-state index in [1.807, 2.05) is 0 Å². The summed E-state index contributed by atoms with van der Waals surface area (Å²) in [6, 6.07) is 0.366. The molecule has 5 heteroatoms. The molecule has 0 spiro atoms. The lowest BCUT2D eigenvalue weighted by Crippen LogP contribution is -2.46. The average Bonchev–Trinajstić information content (AvgIpc) is 2.97. The first-order valence-electron chi connectivity index (χ1n) is 8.37. The van der Waals surface area contributed by atoms with E-state index in [2.05, 4.69) is 12.2 Å². The maximum atomic E-state index is 12.9. The number of sulfonamides is 1. The van der Waals surface area contributed by atoms with Crippen molar-refractivity contribution in [2.45, 2.75) is 76.0 Å². The molecule has 0 radical (unpaired) electrons. The first-order valence-corrected chi connectivity index (χ1v) is 9.87. The number of nitrogens with zero attached hydrogens (tertiary/aromatic N) is 1. The molecule has 20 heavy (non-hydrogen) atoms. The van der Waals surface area contributed by atoms with E-state index in [0.717, 1.165) is 51.5 Å². The monoisotopic (exact) mass is 302 g/mol. The standard InChI is InChI=1S/C15H30N2O2S/c1-2-3-12-17(13-14-8-7-11-16-14)20(18,19)15-9-5-4-6-10-15/h14-16H,2-13H2,1H3. The molecule has 0 amide bonds. The molecule has 2 rings (SSSR count). The molecular weight excluding hydrogens is 272 g/mol. The quantitative estimate of drug-likeness (QED) is 0.786. The molecule has 0 aromatic heterocycles. The molecule has 1 aliphatic carbocycles. The molecule has 1 saturated heterocycles. The molecule has 2 fully saturated rings. The van der Waals surface area contributed by atoms with Gasteiger partial charge in [-0.05, 0) is 38.6 Å². The SMILES string of the molecule is CCCCN(CC1CCCN1)S(=O)(=O)C1CCCCC1. The van der Waals surface area contributed by atoms with Crippen LogP contribution in [-0.2, 0) is 10.0 Å². The summed E-state index contributed by atoms with van der Waals surface area (Å²) in [5.41, 5.74) is 0. The van der Waals surface area contributed by atoms with Gasteiger partial charge >= 0.3 is 0 Å². The largest absolute Gasteiger partial charge is 0.313 e. The van der Waals surface area contributed by atoms with Crippen molar-refractivity contribution >= 4 is 10.0 Å². The van der Waals surface area contributed by atoms with Crippen LogP contribution in [0.1, 0.15) is 64.7 Å². The van der Waals surface area contributed by atoms with Gasteiger partial charge in [-0.2, -0.15) is 0 Å². The second-order valence-corrected chi connectivity index (χ2v) is 8.52. The Kier molecular flexibility index (Phi) is 6.30. The predicted molar refractivity (Wildman–Crippen MR) is 83.3 cm³/mol. The van der Waals surface area contributed by atoms with E-state index in [1.165, 1.54) is 12.8 Å². The van der Waals surface area contributed by atoms with Gasteiger partial charge in [-0.25, -0.2) is 12.7 Å². The Bertz CT molecular complexity index is 371. The van der Waals surface area contributed by atoms with Gasteiger partial charge in [-0.1, -0.05) is 32.6 Å². The summed E-state index contributed by atoms with van der Waals surface area (Å²) >= 11 is 0. The van der Waals surface area contributed by atoms with Crippen molar-refractivity contribution in [2.24, 2.45) is 0 Å². The van der Waals surface area contributed by atoms with Crippen molar-refractivity contribution in [1.29, 1.82) is 0 Å². The van der Waals surface area contributed by atoms with Gasteiger partial charge in [0, 0.05) is 19.1 Å². The molecule has 0 aromatic carbocycles. The van der Waals surface area contributed by atoms with Gasteiger partial charge in [0.2, 0.25) is 10.0 Å². The van der Waals surface area contributed by atoms with Crippen molar-refractivity contribution in [3.63, 3.8) is 0 Å². The van der Waals surface area contributed by atoms with Crippen LogP contribution in [0, 0.1) is 0 Å². The number of hydrogen-bond donors (Lipinski definition) is 1. The highest BCUT2D eigenvalue weighted by molar-refractivity contribution is 7.89. The summed E-state index contributed by atoms with van der Waals surface area (Å²) in [5.74, 6) is 0. The van der Waals surface area contributed by atoms with Crippen LogP contribution in [0.4, 0.5) is 0 Å². The van der Waals surface area contributed by atoms with Gasteiger partial charge in [-0.3, -0.25) is 0 Å². The molecule has 1 aliphatic heterocycles. The first kappa shape index (κ1) is 16.2. The molecule has 1 atom stereocenters. The zero-order valence-corrected chi connectivity index (χ0v) is 13.6. The fourth-order valence-corrected chi connectivity index (χ4v) is 5.51. The topological polar surface area (TPSA) is 49.4 Å². The second-order valence-electron chi connectivity index (χ2n) is 6.31. The van der Waals surface area contributed by atoms with Gasteiger partial charge in [0.05, 0.1) is 5.25 Å². The van der Waals surface area contributed by atoms with Gasteiger partial charge < -0.3 is 5.32 Å². The highest BCUT2D eigenvalue weighted by Crippen LogP contribution is 2.27. The van der Waals surface area contributed by atoms with Crippen LogP contribution >= 0.6 is 0 Å². The average molecular weight is 302 g/mol. The van der Waals surface area contributed by atoms with Gasteiger partial charge in [0.15, 0.2) is 0 Å². The lowest BCUT2D eigenvalue weighted by atomic mass is 10.0. The third-order valence-corrected chi connectivity index (χ3v) is 7.05. The summed E-state index contributed by atoms with van der Waals surface area (Å²) in [6.07, 6.45) is 9.39. The van der Waals surface area contributed by atoms with E-state index in [4.69, 9.17) is 0 Å². The Hall–Kier alpha value is -0.130. The third kappa shape index (κ3) is 4.18. The summed E-state index contributed by atoms with van der Waals surface area (Å²) < 4.78 is 27.6. The van der Waals surface area contributed by atoms with E-state index in [0.29, 0.717) is 19.1 Å². The maximum Gasteiger partial charge on any atom is 0.217 e. The van der Waals surface area contributed by atoms with Crippen LogP contribution < -0.4 is 5.32 Å². The molecule has 2 aliphatic rings. The van der Waals surface area contributed by atoms with Crippen molar-refractivity contribution in [1.82, 2.24) is 9.62 Å². The minimum Gasteiger partial charge on any atom is -0.313 e. The molecule has 118 valence electrons. The van der Waals surface area contributed by atoms with Crippen LogP contribution in [0.15, 0.2) is 0 Å². The van der Waals surface area contributed by atoms with Gasteiger partial charge in [0.25, 0.3) is 0 Å². The third-order valence-electron chi connectivity index (χ3n) is 4.68. The fraction of sp³-hybridized carbons (Fsp3) is 1.00. The maximum absolute atomic E-state index is 12.9. The first-order chi connectivity index (χ1) is 9.64. The van der Waals surface area contributed by atoms with Crippen LogP contribution in [-0.4, -0.2) is 43.6 Å².